The molecule has 0 aromatic heterocycles. The van der Waals surface area contributed by atoms with Crippen LogP contribution < -0.4 is 0 Å². The highest BCUT2D eigenvalue weighted by Crippen LogP contribution is 2.36. The van der Waals surface area contributed by atoms with Gasteiger partial charge in [-0.1, -0.05) is 100 Å². The average molecular weight is 625 g/mol. The maximum absolute atomic E-state index is 12.1. The Morgan fingerprint density at radius 1 is 0.744 bits per heavy atom. The first-order valence-corrected chi connectivity index (χ1v) is 17.2. The first-order valence-electron chi connectivity index (χ1n) is 15.7. The number of rotatable bonds is 26. The highest BCUT2D eigenvalue weighted by molar-refractivity contribution is 7.46. The molecule has 0 aromatic rings. The highest BCUT2D eigenvalue weighted by atomic mass is 31.2. The smallest absolute Gasteiger partial charge is 0.462 e. The number of hydrogen-bond donors (Lipinski definition) is 2. The molecule has 2 unspecified atom stereocenters. The van der Waals surface area contributed by atoms with Gasteiger partial charge in [-0.3, -0.25) is 14.1 Å². The summed E-state index contributed by atoms with van der Waals surface area (Å²) in [5.41, 5.74) is 0. The zero-order chi connectivity index (χ0) is 31.6. The Hall–Kier alpha value is -2.29. The Kier molecular flexibility index (Phi) is 22.6. The van der Waals surface area contributed by atoms with E-state index in [1.54, 1.807) is 0 Å². The molecular formula is C33H53O9P. The summed E-state index contributed by atoms with van der Waals surface area (Å²) in [6.07, 6.45) is 31.9. The predicted molar refractivity (Wildman–Crippen MR) is 169 cm³/mol. The van der Waals surface area contributed by atoms with Gasteiger partial charge in [-0.15, -0.1) is 0 Å². The van der Waals surface area contributed by atoms with Gasteiger partial charge in [-0.2, -0.15) is 0 Å². The summed E-state index contributed by atoms with van der Waals surface area (Å²) in [5.74, 6) is -1.01. The van der Waals surface area contributed by atoms with Crippen LogP contribution in [0.2, 0.25) is 0 Å². The van der Waals surface area contributed by atoms with E-state index in [1.165, 1.54) is 0 Å². The van der Waals surface area contributed by atoms with Crippen molar-refractivity contribution in [2.24, 2.45) is 0 Å². The molecule has 43 heavy (non-hydrogen) atoms. The Morgan fingerprint density at radius 3 is 1.93 bits per heavy atom. The van der Waals surface area contributed by atoms with E-state index in [4.69, 9.17) is 24.0 Å². The maximum Gasteiger partial charge on any atom is 0.469 e. The number of phosphoric acid groups is 1. The molecule has 10 heteroatoms. The zero-order valence-corrected chi connectivity index (χ0v) is 26.9. The third kappa shape index (κ3) is 24.8. The summed E-state index contributed by atoms with van der Waals surface area (Å²) in [6.45, 7) is 3.34. The summed E-state index contributed by atoms with van der Waals surface area (Å²) in [5, 5.41) is 0. The number of hydrogen-bond acceptors (Lipinski definition) is 7. The topological polar surface area (TPSA) is 132 Å². The molecule has 1 saturated heterocycles. The standard InChI is InChI=1S/C33H53O9P/c1-3-5-7-16-22-26-33(35)41-29(28-40-43(36,37)38)27-39-32(34)25-21-18-15-13-11-9-8-10-12-14-17-20-24-31-30(42-31)23-19-6-4-2/h6,9-12,15,17-20,29-31H,3-5,7-8,13-14,16,21-28H2,1-2H3,(H2,36,37,38)/b11-9-,12-10-,18-15-,19-6-,20-17-/t29-,30?,31?/m1/s1. The summed E-state index contributed by atoms with van der Waals surface area (Å²) >= 11 is 0. The molecule has 244 valence electrons. The number of esters is 2. The molecule has 0 aliphatic carbocycles. The van der Waals surface area contributed by atoms with Crippen LogP contribution in [0.5, 0.6) is 0 Å². The monoisotopic (exact) mass is 624 g/mol. The van der Waals surface area contributed by atoms with Crippen LogP contribution in [0.3, 0.4) is 0 Å². The molecular weight excluding hydrogens is 571 g/mol. The van der Waals surface area contributed by atoms with Crippen molar-refractivity contribution in [3.05, 3.63) is 60.8 Å². The Balaban J connectivity index is 2.15. The van der Waals surface area contributed by atoms with Crippen molar-refractivity contribution in [2.45, 2.75) is 122 Å². The molecule has 0 radical (unpaired) electrons. The van der Waals surface area contributed by atoms with Gasteiger partial charge >= 0.3 is 19.8 Å². The number of phosphoric ester groups is 1. The van der Waals surface area contributed by atoms with E-state index in [0.29, 0.717) is 25.0 Å². The van der Waals surface area contributed by atoms with Gasteiger partial charge in [-0.05, 0) is 51.4 Å². The van der Waals surface area contributed by atoms with Crippen LogP contribution in [-0.4, -0.2) is 53.3 Å². The normalized spacial score (nSPS) is 18.0. The van der Waals surface area contributed by atoms with Gasteiger partial charge in [0, 0.05) is 12.8 Å². The van der Waals surface area contributed by atoms with Crippen molar-refractivity contribution in [1.82, 2.24) is 0 Å². The average Bonchev–Trinajstić information content (AvgIpc) is 3.72. The van der Waals surface area contributed by atoms with Crippen molar-refractivity contribution in [1.29, 1.82) is 0 Å². The molecule has 1 aliphatic rings. The summed E-state index contributed by atoms with van der Waals surface area (Å²) in [4.78, 5) is 42.1. The summed E-state index contributed by atoms with van der Waals surface area (Å²) in [6, 6.07) is 0. The van der Waals surface area contributed by atoms with E-state index in [2.05, 4.69) is 67.0 Å². The van der Waals surface area contributed by atoms with Crippen LogP contribution in [0.25, 0.3) is 0 Å². The lowest BCUT2D eigenvalue weighted by molar-refractivity contribution is -0.161. The van der Waals surface area contributed by atoms with E-state index in [0.717, 1.165) is 64.2 Å². The lowest BCUT2D eigenvalue weighted by Gasteiger charge is -2.18. The van der Waals surface area contributed by atoms with Gasteiger partial charge in [0.15, 0.2) is 6.10 Å². The molecule has 9 nitrogen and oxygen atoms in total. The molecule has 0 amide bonds. The van der Waals surface area contributed by atoms with E-state index in [1.807, 2.05) is 12.2 Å². The minimum Gasteiger partial charge on any atom is -0.462 e. The summed E-state index contributed by atoms with van der Waals surface area (Å²) < 4.78 is 31.5. The van der Waals surface area contributed by atoms with Crippen LogP contribution in [0.1, 0.15) is 104 Å². The molecule has 3 atom stereocenters. The Bertz CT molecular complexity index is 948. The van der Waals surface area contributed by atoms with E-state index in [9.17, 15) is 14.2 Å². The zero-order valence-electron chi connectivity index (χ0n) is 26.0. The van der Waals surface area contributed by atoms with Crippen LogP contribution in [-0.2, 0) is 32.9 Å². The van der Waals surface area contributed by atoms with Crippen LogP contribution >= 0.6 is 7.82 Å². The van der Waals surface area contributed by atoms with Gasteiger partial charge in [0.05, 0.1) is 18.8 Å². The number of allylic oxidation sites excluding steroid dienone is 8. The van der Waals surface area contributed by atoms with E-state index in [-0.39, 0.29) is 19.4 Å². The fourth-order valence-corrected chi connectivity index (χ4v) is 4.39. The Morgan fingerprint density at radius 2 is 1.33 bits per heavy atom. The van der Waals surface area contributed by atoms with Crippen molar-refractivity contribution in [3.63, 3.8) is 0 Å². The number of carbonyl (C=O) groups excluding carboxylic acids is 2. The maximum atomic E-state index is 12.1. The molecule has 1 aliphatic heterocycles. The predicted octanol–water partition coefficient (Wildman–Crippen LogP) is 7.60. The second kappa shape index (κ2) is 25.1. The second-order valence-electron chi connectivity index (χ2n) is 10.4. The number of unbranched alkanes of at least 4 members (excludes halogenated alkanes) is 4. The number of carbonyl (C=O) groups is 2. The SMILES string of the molecule is CC/C=C\CC1OC1C/C=C\C/C=C\C/C=C\C/C=C\CCC(=O)OC[C@H](COP(=O)(O)O)OC(=O)CCCCCCC. The first-order chi connectivity index (χ1) is 20.7. The third-order valence-corrected chi connectivity index (χ3v) is 6.95. The molecule has 2 N–H and O–H groups in total. The Labute approximate surface area is 258 Å². The second-order valence-corrected chi connectivity index (χ2v) is 11.7. The third-order valence-electron chi connectivity index (χ3n) is 6.47. The fourth-order valence-electron chi connectivity index (χ4n) is 4.03. The molecule has 0 saturated carbocycles. The summed E-state index contributed by atoms with van der Waals surface area (Å²) in [7, 11) is -4.75. The van der Waals surface area contributed by atoms with Crippen LogP contribution in [0.15, 0.2) is 60.8 Å². The quantitative estimate of drug-likeness (QED) is 0.0328. The van der Waals surface area contributed by atoms with Gasteiger partial charge in [-0.25, -0.2) is 4.57 Å². The number of epoxide rings is 1. The molecule has 1 heterocycles. The van der Waals surface area contributed by atoms with Gasteiger partial charge in [0.2, 0.25) is 0 Å². The lowest BCUT2D eigenvalue weighted by atomic mass is 10.1. The van der Waals surface area contributed by atoms with Crippen LogP contribution in [0, 0.1) is 0 Å². The molecule has 1 fully saturated rings. The lowest BCUT2D eigenvalue weighted by Crippen LogP contribution is -2.29. The van der Waals surface area contributed by atoms with E-state index < -0.39 is 32.5 Å². The highest BCUT2D eigenvalue weighted by Gasteiger charge is 2.35. The van der Waals surface area contributed by atoms with Gasteiger partial charge < -0.3 is 24.0 Å². The fraction of sp³-hybridized carbons (Fsp3) is 0.636. The van der Waals surface area contributed by atoms with Crippen molar-refractivity contribution in [2.75, 3.05) is 13.2 Å². The number of ether oxygens (including phenoxy) is 3. The van der Waals surface area contributed by atoms with Gasteiger partial charge in [0.1, 0.15) is 6.61 Å². The van der Waals surface area contributed by atoms with Crippen molar-refractivity contribution < 1.29 is 42.7 Å². The van der Waals surface area contributed by atoms with Gasteiger partial charge in [0.25, 0.3) is 0 Å². The minimum absolute atomic E-state index is 0.136. The molecule has 0 spiro atoms. The molecule has 1 rings (SSSR count). The van der Waals surface area contributed by atoms with Crippen molar-refractivity contribution in [3.8, 4) is 0 Å². The van der Waals surface area contributed by atoms with Crippen LogP contribution in [0.4, 0.5) is 0 Å². The molecule has 0 bridgehead atoms. The largest absolute Gasteiger partial charge is 0.469 e. The van der Waals surface area contributed by atoms with Crippen molar-refractivity contribution >= 4 is 19.8 Å². The molecule has 0 aromatic carbocycles. The first kappa shape index (κ1) is 38.7. The van der Waals surface area contributed by atoms with E-state index >= 15 is 0 Å². The minimum atomic E-state index is -4.75.